The van der Waals surface area contributed by atoms with Crippen molar-refractivity contribution in [2.24, 2.45) is 11.7 Å². The molecule has 0 saturated carbocycles. The van der Waals surface area contributed by atoms with E-state index in [1.54, 1.807) is 0 Å². The molecule has 1 heterocycles. The number of hydrogen-bond donors (Lipinski definition) is 1. The zero-order chi connectivity index (χ0) is 13.0. The fraction of sp³-hybridized carbons (Fsp3) is 0.625. The average molecular weight is 246 g/mol. The van der Waals surface area contributed by atoms with Gasteiger partial charge < -0.3 is 5.73 Å². The minimum absolute atomic E-state index is 0.360. The summed E-state index contributed by atoms with van der Waals surface area (Å²) in [5.74, 6) is 0.846. The van der Waals surface area contributed by atoms with E-state index in [0.29, 0.717) is 6.04 Å². The van der Waals surface area contributed by atoms with Crippen LogP contribution in [0.3, 0.4) is 0 Å². The van der Waals surface area contributed by atoms with Gasteiger partial charge in [0.15, 0.2) is 0 Å². The molecule has 1 aliphatic rings. The van der Waals surface area contributed by atoms with E-state index in [1.807, 2.05) is 0 Å². The highest BCUT2D eigenvalue weighted by Gasteiger charge is 2.19. The first-order valence-electron chi connectivity index (χ1n) is 7.17. The van der Waals surface area contributed by atoms with Crippen LogP contribution in [0.15, 0.2) is 24.3 Å². The highest BCUT2D eigenvalue weighted by atomic mass is 15.1. The second kappa shape index (κ2) is 6.35. The van der Waals surface area contributed by atoms with Crippen LogP contribution in [-0.4, -0.2) is 24.0 Å². The predicted molar refractivity (Wildman–Crippen MR) is 77.4 cm³/mol. The Balaban J connectivity index is 1.80. The molecular weight excluding hydrogens is 220 g/mol. The highest BCUT2D eigenvalue weighted by molar-refractivity contribution is 5.22. The quantitative estimate of drug-likeness (QED) is 0.885. The van der Waals surface area contributed by atoms with Gasteiger partial charge in [0.25, 0.3) is 0 Å². The Morgan fingerprint density at radius 3 is 2.67 bits per heavy atom. The smallest absolute Gasteiger partial charge is 0.0233 e. The van der Waals surface area contributed by atoms with Gasteiger partial charge in [-0.2, -0.15) is 0 Å². The highest BCUT2D eigenvalue weighted by Crippen LogP contribution is 2.22. The van der Waals surface area contributed by atoms with Crippen LogP contribution in [0.25, 0.3) is 0 Å². The minimum Gasteiger partial charge on any atom is -0.328 e. The molecule has 2 heteroatoms. The maximum absolute atomic E-state index is 5.88. The summed E-state index contributed by atoms with van der Waals surface area (Å²) >= 11 is 0. The monoisotopic (exact) mass is 246 g/mol. The van der Waals surface area contributed by atoms with Crippen molar-refractivity contribution < 1.29 is 0 Å². The van der Waals surface area contributed by atoms with Gasteiger partial charge in [-0.3, -0.25) is 4.90 Å². The van der Waals surface area contributed by atoms with Crippen LogP contribution >= 0.6 is 0 Å². The van der Waals surface area contributed by atoms with E-state index in [0.717, 1.165) is 12.5 Å². The van der Waals surface area contributed by atoms with Gasteiger partial charge in [0, 0.05) is 12.6 Å². The van der Waals surface area contributed by atoms with Crippen molar-refractivity contribution >= 4 is 0 Å². The molecule has 0 aromatic heterocycles. The maximum atomic E-state index is 5.88. The van der Waals surface area contributed by atoms with E-state index in [2.05, 4.69) is 43.0 Å². The third-order valence-electron chi connectivity index (χ3n) is 3.90. The van der Waals surface area contributed by atoms with Gasteiger partial charge in [0.2, 0.25) is 0 Å². The van der Waals surface area contributed by atoms with Crippen LogP contribution in [-0.2, 0) is 6.54 Å². The van der Waals surface area contributed by atoms with Crippen molar-refractivity contribution in [2.45, 2.75) is 45.7 Å². The summed E-state index contributed by atoms with van der Waals surface area (Å²) in [6.07, 6.45) is 3.82. The zero-order valence-electron chi connectivity index (χ0n) is 11.7. The number of likely N-dealkylation sites (tertiary alicyclic amines) is 1. The first kappa shape index (κ1) is 13.6. The average Bonchev–Trinajstić information content (AvgIpc) is 2.31. The lowest BCUT2D eigenvalue weighted by Gasteiger charge is -2.32. The Morgan fingerprint density at radius 1 is 1.33 bits per heavy atom. The first-order chi connectivity index (χ1) is 8.63. The number of piperidine rings is 1. The second-order valence-electron chi connectivity index (χ2n) is 5.92. The van der Waals surface area contributed by atoms with Crippen LogP contribution in [0, 0.1) is 12.8 Å². The third kappa shape index (κ3) is 4.11. The molecule has 1 aliphatic heterocycles. The van der Waals surface area contributed by atoms with E-state index in [4.69, 9.17) is 5.73 Å². The van der Waals surface area contributed by atoms with Crippen molar-refractivity contribution in [2.75, 3.05) is 13.1 Å². The number of hydrogen-bond acceptors (Lipinski definition) is 2. The van der Waals surface area contributed by atoms with Crippen LogP contribution in [0.4, 0.5) is 0 Å². The largest absolute Gasteiger partial charge is 0.328 e. The van der Waals surface area contributed by atoms with Gasteiger partial charge >= 0.3 is 0 Å². The molecule has 2 N–H and O–H groups in total. The Kier molecular flexibility index (Phi) is 4.79. The maximum Gasteiger partial charge on any atom is 0.0233 e. The molecule has 0 aliphatic carbocycles. The summed E-state index contributed by atoms with van der Waals surface area (Å²) in [7, 11) is 0. The molecule has 2 rings (SSSR count). The summed E-state index contributed by atoms with van der Waals surface area (Å²) in [5.41, 5.74) is 8.69. The summed E-state index contributed by atoms with van der Waals surface area (Å²) in [6, 6.07) is 9.22. The number of rotatable bonds is 4. The lowest BCUT2D eigenvalue weighted by molar-refractivity contribution is 0.169. The zero-order valence-corrected chi connectivity index (χ0v) is 11.7. The molecule has 0 radical (unpaired) electrons. The molecule has 0 spiro atoms. The molecular formula is C16H26N2. The molecule has 0 amide bonds. The van der Waals surface area contributed by atoms with E-state index in [9.17, 15) is 0 Å². The summed E-state index contributed by atoms with van der Waals surface area (Å²) in [5, 5.41) is 0. The molecule has 2 nitrogen and oxygen atoms in total. The van der Waals surface area contributed by atoms with E-state index in [1.165, 1.54) is 43.5 Å². The molecule has 1 aromatic rings. The van der Waals surface area contributed by atoms with E-state index >= 15 is 0 Å². The second-order valence-corrected chi connectivity index (χ2v) is 5.92. The Morgan fingerprint density at radius 2 is 2.06 bits per heavy atom. The molecule has 100 valence electrons. The van der Waals surface area contributed by atoms with Crippen molar-refractivity contribution in [3.63, 3.8) is 0 Å². The van der Waals surface area contributed by atoms with Gasteiger partial charge in [-0.15, -0.1) is 0 Å². The normalized spacial score (nSPS) is 19.9. The van der Waals surface area contributed by atoms with Crippen LogP contribution in [0.1, 0.15) is 37.3 Å². The molecule has 1 unspecified atom stereocenters. The molecule has 0 bridgehead atoms. The lowest BCUT2D eigenvalue weighted by atomic mass is 9.91. The minimum atomic E-state index is 0.360. The topological polar surface area (TPSA) is 29.3 Å². The fourth-order valence-electron chi connectivity index (χ4n) is 2.97. The molecule has 18 heavy (non-hydrogen) atoms. The fourth-order valence-corrected chi connectivity index (χ4v) is 2.97. The Bertz CT molecular complexity index is 365. The standard InChI is InChI=1S/C16H26N2/c1-13-4-3-5-16(10-13)12-18-8-6-15(7-9-18)11-14(2)17/h3-5,10,14-15H,6-9,11-12,17H2,1-2H3. The van der Waals surface area contributed by atoms with E-state index < -0.39 is 0 Å². The first-order valence-corrected chi connectivity index (χ1v) is 7.17. The van der Waals surface area contributed by atoms with Gasteiger partial charge in [0.05, 0.1) is 0 Å². The van der Waals surface area contributed by atoms with Crippen LogP contribution in [0.5, 0.6) is 0 Å². The van der Waals surface area contributed by atoms with Crippen LogP contribution < -0.4 is 5.73 Å². The van der Waals surface area contributed by atoms with Gasteiger partial charge in [0.1, 0.15) is 0 Å². The molecule has 1 saturated heterocycles. The lowest BCUT2D eigenvalue weighted by Crippen LogP contribution is -2.35. The Labute approximate surface area is 111 Å². The van der Waals surface area contributed by atoms with Gasteiger partial charge in [-0.25, -0.2) is 0 Å². The van der Waals surface area contributed by atoms with Gasteiger partial charge in [-0.05, 0) is 57.7 Å². The summed E-state index contributed by atoms with van der Waals surface area (Å²) in [4.78, 5) is 2.58. The number of nitrogens with zero attached hydrogens (tertiary/aromatic N) is 1. The SMILES string of the molecule is Cc1cccc(CN2CCC(CC(C)N)CC2)c1. The molecule has 1 fully saturated rings. The van der Waals surface area contributed by atoms with Crippen molar-refractivity contribution in [1.29, 1.82) is 0 Å². The van der Waals surface area contributed by atoms with Crippen LogP contribution in [0.2, 0.25) is 0 Å². The summed E-state index contributed by atoms with van der Waals surface area (Å²) in [6.45, 7) is 7.85. The number of benzene rings is 1. The van der Waals surface area contributed by atoms with Crippen molar-refractivity contribution in [3.05, 3.63) is 35.4 Å². The third-order valence-corrected chi connectivity index (χ3v) is 3.90. The predicted octanol–water partition coefficient (Wildman–Crippen LogP) is 2.94. The van der Waals surface area contributed by atoms with Gasteiger partial charge in [-0.1, -0.05) is 29.8 Å². The Hall–Kier alpha value is -0.860. The summed E-state index contributed by atoms with van der Waals surface area (Å²) < 4.78 is 0. The number of aryl methyl sites for hydroxylation is 1. The molecule has 1 aromatic carbocycles. The van der Waals surface area contributed by atoms with E-state index in [-0.39, 0.29) is 0 Å². The number of nitrogens with two attached hydrogens (primary N) is 1. The van der Waals surface area contributed by atoms with Crippen molar-refractivity contribution in [1.82, 2.24) is 4.90 Å². The van der Waals surface area contributed by atoms with Crippen molar-refractivity contribution in [3.8, 4) is 0 Å². The molecule has 1 atom stereocenters.